The first-order valence-electron chi connectivity index (χ1n) is 10.6. The fourth-order valence-electron chi connectivity index (χ4n) is 3.35. The van der Waals surface area contributed by atoms with Crippen molar-refractivity contribution in [2.75, 3.05) is 10.6 Å². The minimum atomic E-state index is -0.599. The Kier molecular flexibility index (Phi) is 8.83. The summed E-state index contributed by atoms with van der Waals surface area (Å²) in [6.07, 6.45) is 0. The van der Waals surface area contributed by atoms with Crippen LogP contribution in [0.1, 0.15) is 21.2 Å². The Morgan fingerprint density at radius 1 is 0.694 bits per heavy atom. The van der Waals surface area contributed by atoms with E-state index in [0.29, 0.717) is 32.0 Å². The van der Waals surface area contributed by atoms with Crippen molar-refractivity contribution in [3.8, 4) is 0 Å². The van der Waals surface area contributed by atoms with Gasteiger partial charge in [-0.1, -0.05) is 82.8 Å². The third-order valence-electron chi connectivity index (χ3n) is 5.05. The summed E-state index contributed by atoms with van der Waals surface area (Å²) in [4.78, 5) is 26.9. The molecule has 0 aliphatic carbocycles. The van der Waals surface area contributed by atoms with E-state index in [1.54, 1.807) is 48.5 Å². The van der Waals surface area contributed by atoms with Crippen molar-refractivity contribution in [2.45, 2.75) is 10.1 Å². The van der Waals surface area contributed by atoms with Gasteiger partial charge < -0.3 is 10.6 Å². The van der Waals surface area contributed by atoms with E-state index in [1.165, 1.54) is 17.8 Å². The predicted molar refractivity (Wildman–Crippen MR) is 151 cm³/mol. The number of benzene rings is 4. The van der Waals surface area contributed by atoms with E-state index in [-0.39, 0.29) is 16.8 Å². The van der Waals surface area contributed by atoms with Crippen LogP contribution >= 0.6 is 58.2 Å². The Bertz CT molecular complexity index is 1420. The van der Waals surface area contributed by atoms with Gasteiger partial charge in [0.05, 0.1) is 21.3 Å². The highest BCUT2D eigenvalue weighted by Crippen LogP contribution is 2.38. The molecule has 1 unspecified atom stereocenters. The molecule has 2 amide bonds. The smallest absolute Gasteiger partial charge is 0.257 e. The number of thioether (sulfide) groups is 1. The quantitative estimate of drug-likeness (QED) is 0.216. The molecule has 9 heteroatoms. The van der Waals surface area contributed by atoms with Crippen molar-refractivity contribution >= 4 is 81.4 Å². The number of carbonyl (C=O) groups excluding carboxylic acids is 2. The molecule has 2 N–H and O–H groups in total. The second-order valence-electron chi connectivity index (χ2n) is 7.63. The SMILES string of the molecule is O=C(Nc1cccc(SC(C(=O)Nc2cc(Cl)ccc2Cl)c2ccccc2)c1)c1ccc(Cl)cc1Cl. The molecule has 0 fully saturated rings. The third kappa shape index (κ3) is 6.75. The lowest BCUT2D eigenvalue weighted by atomic mass is 10.1. The van der Waals surface area contributed by atoms with E-state index in [4.69, 9.17) is 46.4 Å². The summed E-state index contributed by atoms with van der Waals surface area (Å²) in [5.41, 5.74) is 2.09. The number of hydrogen-bond acceptors (Lipinski definition) is 3. The van der Waals surface area contributed by atoms with Crippen molar-refractivity contribution in [3.05, 3.63) is 122 Å². The summed E-state index contributed by atoms with van der Waals surface area (Å²) in [7, 11) is 0. The molecular formula is C27H18Cl4N2O2S. The van der Waals surface area contributed by atoms with Crippen LogP contribution in [-0.4, -0.2) is 11.8 Å². The summed E-state index contributed by atoms with van der Waals surface area (Å²) < 4.78 is 0. The Morgan fingerprint density at radius 2 is 1.42 bits per heavy atom. The molecule has 36 heavy (non-hydrogen) atoms. The molecule has 0 saturated carbocycles. The summed E-state index contributed by atoms with van der Waals surface area (Å²) in [6, 6.07) is 26.2. The zero-order valence-corrected chi connectivity index (χ0v) is 22.3. The second-order valence-corrected chi connectivity index (χ2v) is 10.5. The van der Waals surface area contributed by atoms with Crippen LogP contribution in [0.2, 0.25) is 20.1 Å². The monoisotopic (exact) mass is 574 g/mol. The van der Waals surface area contributed by atoms with Crippen LogP contribution in [0.5, 0.6) is 0 Å². The Morgan fingerprint density at radius 3 is 2.17 bits per heavy atom. The van der Waals surface area contributed by atoms with E-state index in [1.807, 2.05) is 36.4 Å². The van der Waals surface area contributed by atoms with Gasteiger partial charge in [-0.15, -0.1) is 11.8 Å². The van der Waals surface area contributed by atoms with E-state index in [9.17, 15) is 9.59 Å². The Labute approximate surface area is 232 Å². The lowest BCUT2D eigenvalue weighted by Gasteiger charge is -2.18. The van der Waals surface area contributed by atoms with Gasteiger partial charge in [-0.05, 0) is 60.2 Å². The molecular weight excluding hydrogens is 558 g/mol. The first-order valence-corrected chi connectivity index (χ1v) is 13.0. The molecule has 4 aromatic rings. The highest BCUT2D eigenvalue weighted by atomic mass is 35.5. The van der Waals surface area contributed by atoms with Gasteiger partial charge in [0.25, 0.3) is 5.91 Å². The molecule has 0 saturated heterocycles. The minimum absolute atomic E-state index is 0.256. The lowest BCUT2D eigenvalue weighted by molar-refractivity contribution is -0.115. The highest BCUT2D eigenvalue weighted by Gasteiger charge is 2.23. The molecule has 182 valence electrons. The molecule has 0 heterocycles. The van der Waals surface area contributed by atoms with Gasteiger partial charge in [0.1, 0.15) is 5.25 Å². The number of rotatable bonds is 7. The molecule has 0 aliphatic heterocycles. The van der Waals surface area contributed by atoms with Crippen LogP contribution in [0.25, 0.3) is 0 Å². The number of halogens is 4. The van der Waals surface area contributed by atoms with Gasteiger partial charge in [0.15, 0.2) is 0 Å². The van der Waals surface area contributed by atoms with Gasteiger partial charge in [0.2, 0.25) is 5.91 Å². The largest absolute Gasteiger partial charge is 0.323 e. The molecule has 0 aliphatic rings. The van der Waals surface area contributed by atoms with Gasteiger partial charge >= 0.3 is 0 Å². The lowest BCUT2D eigenvalue weighted by Crippen LogP contribution is -2.19. The van der Waals surface area contributed by atoms with Crippen LogP contribution in [0.3, 0.4) is 0 Å². The molecule has 4 rings (SSSR count). The van der Waals surface area contributed by atoms with Crippen molar-refractivity contribution in [1.82, 2.24) is 0 Å². The third-order valence-corrected chi connectivity index (χ3v) is 7.41. The predicted octanol–water partition coefficient (Wildman–Crippen LogP) is 9.02. The van der Waals surface area contributed by atoms with Crippen molar-refractivity contribution in [1.29, 1.82) is 0 Å². The maximum atomic E-state index is 13.4. The fourth-order valence-corrected chi connectivity index (χ4v) is 5.26. The number of nitrogens with one attached hydrogen (secondary N) is 2. The maximum absolute atomic E-state index is 13.4. The van der Waals surface area contributed by atoms with E-state index in [0.717, 1.165) is 10.5 Å². The van der Waals surface area contributed by atoms with Crippen LogP contribution < -0.4 is 10.6 Å². The zero-order chi connectivity index (χ0) is 25.7. The van der Waals surface area contributed by atoms with Crippen LogP contribution in [-0.2, 0) is 4.79 Å². The van der Waals surface area contributed by atoms with Gasteiger partial charge in [-0.2, -0.15) is 0 Å². The average Bonchev–Trinajstić information content (AvgIpc) is 2.85. The topological polar surface area (TPSA) is 58.2 Å². The fraction of sp³-hybridized carbons (Fsp3) is 0.0370. The number of amides is 2. The second kappa shape index (κ2) is 12.0. The van der Waals surface area contributed by atoms with E-state index < -0.39 is 5.25 Å². The summed E-state index contributed by atoms with van der Waals surface area (Å²) in [5, 5.41) is 6.67. The molecule has 0 radical (unpaired) electrons. The van der Waals surface area contributed by atoms with Crippen LogP contribution in [0, 0.1) is 0 Å². The van der Waals surface area contributed by atoms with Gasteiger partial charge in [-0.3, -0.25) is 9.59 Å². The number of hydrogen-bond donors (Lipinski definition) is 2. The minimum Gasteiger partial charge on any atom is -0.323 e. The van der Waals surface area contributed by atoms with Crippen LogP contribution in [0.15, 0.2) is 95.9 Å². The average molecular weight is 576 g/mol. The van der Waals surface area contributed by atoms with Gasteiger partial charge in [0, 0.05) is 20.6 Å². The van der Waals surface area contributed by atoms with Crippen molar-refractivity contribution < 1.29 is 9.59 Å². The Hall–Kier alpha value is -2.67. The number of anilines is 2. The molecule has 0 bridgehead atoms. The van der Waals surface area contributed by atoms with E-state index in [2.05, 4.69) is 10.6 Å². The normalized spacial score (nSPS) is 11.6. The Balaban J connectivity index is 1.56. The molecule has 0 spiro atoms. The molecule has 1 atom stereocenters. The summed E-state index contributed by atoms with van der Waals surface area (Å²) >= 11 is 25.8. The van der Waals surface area contributed by atoms with E-state index >= 15 is 0 Å². The van der Waals surface area contributed by atoms with Crippen molar-refractivity contribution in [3.63, 3.8) is 0 Å². The number of carbonyl (C=O) groups is 2. The highest BCUT2D eigenvalue weighted by molar-refractivity contribution is 8.00. The summed E-state index contributed by atoms with van der Waals surface area (Å²) in [6.45, 7) is 0. The maximum Gasteiger partial charge on any atom is 0.257 e. The first-order chi connectivity index (χ1) is 17.3. The van der Waals surface area contributed by atoms with Crippen molar-refractivity contribution in [2.24, 2.45) is 0 Å². The van der Waals surface area contributed by atoms with Crippen LogP contribution in [0.4, 0.5) is 11.4 Å². The molecule has 0 aromatic heterocycles. The van der Waals surface area contributed by atoms with Gasteiger partial charge in [-0.25, -0.2) is 0 Å². The summed E-state index contributed by atoms with van der Waals surface area (Å²) in [5.74, 6) is -0.635. The molecule has 4 nitrogen and oxygen atoms in total. The standard InChI is InChI=1S/C27H18Cl4N2O2S/c28-17-9-11-21(23(31)13-17)26(34)32-19-7-4-8-20(15-19)36-25(16-5-2-1-3-6-16)27(35)33-24-14-18(29)10-12-22(24)30/h1-15,25H,(H,32,34)(H,33,35). The first kappa shape index (κ1) is 26.4. The zero-order valence-electron chi connectivity index (χ0n) is 18.5. The molecule has 4 aromatic carbocycles.